The van der Waals surface area contributed by atoms with Gasteiger partial charge in [-0.2, -0.15) is 0 Å². The summed E-state index contributed by atoms with van der Waals surface area (Å²) >= 11 is 1.40. The molecule has 2 aliphatic carbocycles. The largest absolute Gasteiger partial charge is 0.495 e. The lowest BCUT2D eigenvalue weighted by molar-refractivity contribution is 0.0696. The van der Waals surface area contributed by atoms with Crippen molar-refractivity contribution in [2.24, 2.45) is 17.8 Å². The lowest BCUT2D eigenvalue weighted by Crippen LogP contribution is -2.13. The van der Waals surface area contributed by atoms with Crippen molar-refractivity contribution in [3.63, 3.8) is 0 Å². The maximum absolute atomic E-state index is 11.2. The molecule has 186 valence electrons. The minimum atomic E-state index is -0.980. The third-order valence-electron chi connectivity index (χ3n) is 7.45. The minimum absolute atomic E-state index is 0.190. The number of carbonyl (C=O) groups is 1. The van der Waals surface area contributed by atoms with E-state index in [-0.39, 0.29) is 5.56 Å². The first-order valence-corrected chi connectivity index (χ1v) is 13.8. The predicted molar refractivity (Wildman–Crippen MR) is 142 cm³/mol. The highest BCUT2D eigenvalue weighted by Crippen LogP contribution is 2.38. The third kappa shape index (κ3) is 7.41. The number of anilines is 1. The Hall–Kier alpha value is -2.65. The van der Waals surface area contributed by atoms with Crippen molar-refractivity contribution in [3.05, 3.63) is 47.8 Å². The van der Waals surface area contributed by atoms with Crippen LogP contribution in [-0.2, 0) is 0 Å². The van der Waals surface area contributed by atoms with Gasteiger partial charge in [0.05, 0.1) is 18.4 Å². The Labute approximate surface area is 213 Å². The Balaban J connectivity index is 1.29. The summed E-state index contributed by atoms with van der Waals surface area (Å²) in [6.07, 6.45) is 17.0. The standard InChI is InChI=1S/C29H36N2O3S/c1-34-28-19-24(29(32)33)14-18-27(28)31-35-26-17-16-25(30-20-26)15-12-21-7-6-10-23(13-11-21)22-8-4-2-3-5-9-22/h14,16-23,31H,2-11,13H2,1H3,(H,32,33). The van der Waals surface area contributed by atoms with Gasteiger partial charge in [0.15, 0.2) is 0 Å². The topological polar surface area (TPSA) is 71.5 Å². The van der Waals surface area contributed by atoms with Crippen LogP contribution in [0.1, 0.15) is 86.7 Å². The van der Waals surface area contributed by atoms with Crippen molar-refractivity contribution in [2.75, 3.05) is 11.8 Å². The molecule has 2 N–H and O–H groups in total. The first kappa shape index (κ1) is 25.4. The summed E-state index contributed by atoms with van der Waals surface area (Å²) in [6.45, 7) is 0. The van der Waals surface area contributed by atoms with Crippen molar-refractivity contribution in [1.82, 2.24) is 4.98 Å². The van der Waals surface area contributed by atoms with Gasteiger partial charge in [0.2, 0.25) is 0 Å². The average molecular weight is 493 g/mol. The molecule has 1 aromatic heterocycles. The second-order valence-electron chi connectivity index (χ2n) is 9.79. The summed E-state index contributed by atoms with van der Waals surface area (Å²) in [5.74, 6) is 8.71. The van der Waals surface area contributed by atoms with Crippen LogP contribution in [0.15, 0.2) is 41.4 Å². The van der Waals surface area contributed by atoms with E-state index in [9.17, 15) is 4.79 Å². The predicted octanol–water partition coefficient (Wildman–Crippen LogP) is 7.43. The maximum atomic E-state index is 11.2. The smallest absolute Gasteiger partial charge is 0.335 e. The molecular formula is C29H36N2O3S. The normalized spacial score (nSPS) is 21.2. The van der Waals surface area contributed by atoms with Crippen LogP contribution in [0.4, 0.5) is 5.69 Å². The van der Waals surface area contributed by atoms with E-state index in [0.717, 1.165) is 22.4 Å². The van der Waals surface area contributed by atoms with Crippen LogP contribution in [-0.4, -0.2) is 23.2 Å². The number of aromatic carboxylic acids is 1. The molecule has 0 radical (unpaired) electrons. The molecule has 4 rings (SSSR count). The van der Waals surface area contributed by atoms with Crippen LogP contribution in [0.3, 0.4) is 0 Å². The van der Waals surface area contributed by atoms with Gasteiger partial charge in [-0.1, -0.05) is 57.3 Å². The first-order valence-electron chi connectivity index (χ1n) is 12.9. The van der Waals surface area contributed by atoms with Crippen LogP contribution in [0.2, 0.25) is 0 Å². The number of carboxylic acid groups (broad SMARTS) is 1. The van der Waals surface area contributed by atoms with Crippen LogP contribution in [0.25, 0.3) is 0 Å². The summed E-state index contributed by atoms with van der Waals surface area (Å²) < 4.78 is 8.53. The van der Waals surface area contributed by atoms with E-state index in [1.807, 2.05) is 18.3 Å². The van der Waals surface area contributed by atoms with Gasteiger partial charge in [0.25, 0.3) is 0 Å². The Kier molecular flexibility index (Phi) is 9.36. The van der Waals surface area contributed by atoms with Gasteiger partial charge in [-0.05, 0) is 79.3 Å². The third-order valence-corrected chi connectivity index (χ3v) is 8.25. The maximum Gasteiger partial charge on any atom is 0.335 e. The SMILES string of the molecule is COc1cc(C(=O)O)ccc1NSc1ccc(C#CC2CCCC(C3CCCCCC3)CC2)nc1. The van der Waals surface area contributed by atoms with E-state index in [1.54, 1.807) is 12.1 Å². The molecule has 2 unspecified atom stereocenters. The number of methoxy groups -OCH3 is 1. The molecule has 2 fully saturated rings. The number of rotatable bonds is 6. The van der Waals surface area contributed by atoms with Crippen molar-refractivity contribution in [2.45, 2.75) is 75.5 Å². The number of hydrogen-bond acceptors (Lipinski definition) is 5. The Morgan fingerprint density at radius 3 is 2.49 bits per heavy atom. The average Bonchev–Trinajstić information content (AvgIpc) is 3.30. The van der Waals surface area contributed by atoms with Crippen molar-refractivity contribution in [1.29, 1.82) is 0 Å². The summed E-state index contributed by atoms with van der Waals surface area (Å²) in [5.41, 5.74) is 1.71. The Bertz CT molecular complexity index is 1040. The number of nitrogens with one attached hydrogen (secondary N) is 1. The number of hydrogen-bond donors (Lipinski definition) is 2. The lowest BCUT2D eigenvalue weighted by atomic mass is 9.81. The fourth-order valence-electron chi connectivity index (χ4n) is 5.44. The molecule has 2 aromatic rings. The van der Waals surface area contributed by atoms with Gasteiger partial charge in [-0.15, -0.1) is 0 Å². The highest BCUT2D eigenvalue weighted by atomic mass is 32.2. The molecule has 2 saturated carbocycles. The van der Waals surface area contributed by atoms with Gasteiger partial charge >= 0.3 is 5.97 Å². The molecule has 1 heterocycles. The second kappa shape index (κ2) is 12.9. The zero-order valence-electron chi connectivity index (χ0n) is 20.6. The molecule has 0 spiro atoms. The van der Waals surface area contributed by atoms with Crippen LogP contribution >= 0.6 is 11.9 Å². The summed E-state index contributed by atoms with van der Waals surface area (Å²) in [6, 6.07) is 8.73. The number of aromatic nitrogens is 1. The van der Waals surface area contributed by atoms with Gasteiger partial charge < -0.3 is 14.6 Å². The molecule has 1 aromatic carbocycles. The highest BCUT2D eigenvalue weighted by Gasteiger charge is 2.25. The summed E-state index contributed by atoms with van der Waals surface area (Å²) in [4.78, 5) is 16.6. The van der Waals surface area contributed by atoms with E-state index >= 15 is 0 Å². The molecule has 0 saturated heterocycles. The van der Waals surface area contributed by atoms with Gasteiger partial charge in [0.1, 0.15) is 11.4 Å². The van der Waals surface area contributed by atoms with Crippen molar-refractivity contribution < 1.29 is 14.6 Å². The fraction of sp³-hybridized carbons (Fsp3) is 0.517. The summed E-state index contributed by atoms with van der Waals surface area (Å²) in [5, 5.41) is 9.14. The molecule has 0 aliphatic heterocycles. The van der Waals surface area contributed by atoms with Crippen LogP contribution < -0.4 is 9.46 Å². The van der Waals surface area contributed by atoms with Gasteiger partial charge in [0, 0.05) is 17.0 Å². The van der Waals surface area contributed by atoms with E-state index in [2.05, 4.69) is 21.5 Å². The van der Waals surface area contributed by atoms with E-state index in [0.29, 0.717) is 17.4 Å². The zero-order valence-corrected chi connectivity index (χ0v) is 21.4. The zero-order chi connectivity index (χ0) is 24.5. The first-order chi connectivity index (χ1) is 17.1. The number of benzene rings is 1. The second-order valence-corrected chi connectivity index (χ2v) is 10.7. The quantitative estimate of drug-likeness (QED) is 0.248. The van der Waals surface area contributed by atoms with E-state index in [1.165, 1.54) is 95.8 Å². The number of pyridine rings is 1. The molecule has 5 nitrogen and oxygen atoms in total. The summed E-state index contributed by atoms with van der Waals surface area (Å²) in [7, 11) is 1.53. The molecule has 2 atom stereocenters. The Morgan fingerprint density at radius 1 is 1.00 bits per heavy atom. The monoisotopic (exact) mass is 492 g/mol. The fourth-order valence-corrected chi connectivity index (χ4v) is 6.08. The Morgan fingerprint density at radius 2 is 1.77 bits per heavy atom. The van der Waals surface area contributed by atoms with E-state index < -0.39 is 5.97 Å². The number of nitrogens with zero attached hydrogens (tertiary/aromatic N) is 1. The highest BCUT2D eigenvalue weighted by molar-refractivity contribution is 8.00. The molecule has 2 aliphatic rings. The molecule has 6 heteroatoms. The molecule has 35 heavy (non-hydrogen) atoms. The van der Waals surface area contributed by atoms with Crippen molar-refractivity contribution in [3.8, 4) is 17.6 Å². The lowest BCUT2D eigenvalue weighted by Gasteiger charge is -2.24. The van der Waals surface area contributed by atoms with Crippen molar-refractivity contribution >= 4 is 23.6 Å². The molecule has 0 bridgehead atoms. The molecular weight excluding hydrogens is 456 g/mol. The van der Waals surface area contributed by atoms with Crippen LogP contribution in [0, 0.1) is 29.6 Å². The number of ether oxygens (including phenoxy) is 1. The number of carboxylic acids is 1. The minimum Gasteiger partial charge on any atom is -0.495 e. The van der Waals surface area contributed by atoms with E-state index in [4.69, 9.17) is 9.84 Å². The van der Waals surface area contributed by atoms with Gasteiger partial charge in [-0.25, -0.2) is 9.78 Å². The van der Waals surface area contributed by atoms with Crippen LogP contribution in [0.5, 0.6) is 5.75 Å². The molecule has 0 amide bonds. The van der Waals surface area contributed by atoms with Gasteiger partial charge in [-0.3, -0.25) is 0 Å².